The Labute approximate surface area is 225 Å². The predicted octanol–water partition coefficient (Wildman–Crippen LogP) is 1.41. The van der Waals surface area contributed by atoms with Gasteiger partial charge in [0.2, 0.25) is 20.8 Å². The first-order valence-electron chi connectivity index (χ1n) is 13.2. The van der Waals surface area contributed by atoms with E-state index in [4.69, 9.17) is 4.74 Å². The van der Waals surface area contributed by atoms with Crippen LogP contribution in [0.25, 0.3) is 0 Å². The first kappa shape index (κ1) is 35.1. The zero-order valence-electron chi connectivity index (χ0n) is 21.8. The van der Waals surface area contributed by atoms with Crippen molar-refractivity contribution >= 4 is 26.8 Å². The minimum Gasteiger partial charge on any atom is -0.726 e. The van der Waals surface area contributed by atoms with Gasteiger partial charge < -0.3 is 29.2 Å². The smallest absolute Gasteiger partial charge is 0.305 e. The minimum atomic E-state index is -5.56. The second-order valence-corrected chi connectivity index (χ2v) is 11.8. The normalized spacial score (nSPS) is 26.4. The molecule has 38 heavy (non-hydrogen) atoms. The Hall–Kier alpha value is -0.910. The van der Waals surface area contributed by atoms with Crippen LogP contribution in [-0.4, -0.2) is 84.4 Å². The Kier molecular flexibility index (Phi) is 16.4. The first-order chi connectivity index (χ1) is 17.8. The first-order valence-corrected chi connectivity index (χ1v) is 15.9. The minimum absolute atomic E-state index is 0.0499. The molecule has 15 heteroatoms. The summed E-state index contributed by atoms with van der Waals surface area (Å²) in [6.45, 7) is 1.50. The molecule has 0 amide bonds. The highest BCUT2D eigenvalue weighted by Crippen LogP contribution is 2.32. The Morgan fingerprint density at radius 3 is 1.47 bits per heavy atom. The predicted molar refractivity (Wildman–Crippen MR) is 132 cm³/mol. The van der Waals surface area contributed by atoms with Crippen LogP contribution in [0, 0.1) is 5.92 Å². The monoisotopic (exact) mass is 590 g/mol. The summed E-state index contributed by atoms with van der Waals surface area (Å²) in [7, 11) is -11.1. The highest BCUT2D eigenvalue weighted by atomic mass is 32.3. The molecule has 1 aliphatic rings. The van der Waals surface area contributed by atoms with Gasteiger partial charge in [-0.25, -0.2) is 16.8 Å². The van der Waals surface area contributed by atoms with Gasteiger partial charge in [0.15, 0.2) is 0 Å². The third-order valence-corrected chi connectivity index (χ3v) is 7.52. The number of unbranched alkanes of at least 4 members (excludes halogenated alkanes) is 12. The van der Waals surface area contributed by atoms with Gasteiger partial charge in [-0.05, 0) is 6.42 Å². The lowest BCUT2D eigenvalue weighted by atomic mass is 9.79. The summed E-state index contributed by atoms with van der Waals surface area (Å²) in [5.41, 5.74) is 0. The van der Waals surface area contributed by atoms with Crippen molar-refractivity contribution in [3.8, 4) is 0 Å². The van der Waals surface area contributed by atoms with E-state index < -0.39 is 69.8 Å². The van der Waals surface area contributed by atoms with Crippen molar-refractivity contribution in [3.05, 3.63) is 0 Å². The average molecular weight is 591 g/mol. The number of ether oxygens (including phenoxy) is 1. The van der Waals surface area contributed by atoms with E-state index in [9.17, 15) is 46.1 Å². The van der Waals surface area contributed by atoms with Crippen LogP contribution >= 0.6 is 0 Å². The topological polar surface area (TPSA) is 220 Å². The van der Waals surface area contributed by atoms with Crippen LogP contribution in [0.3, 0.4) is 0 Å². The number of hydrogen-bond acceptors (Lipinski definition) is 13. The van der Waals surface area contributed by atoms with Gasteiger partial charge in [-0.3, -0.25) is 13.2 Å². The fraction of sp³-hybridized carbons (Fsp3) is 0.957. The van der Waals surface area contributed by atoms with Crippen molar-refractivity contribution < 1.29 is 59.2 Å². The third kappa shape index (κ3) is 14.5. The maximum atomic E-state index is 12.1. The molecule has 0 unspecified atom stereocenters. The van der Waals surface area contributed by atoms with Crippen molar-refractivity contribution in [2.75, 3.05) is 6.61 Å². The highest BCUT2D eigenvalue weighted by Gasteiger charge is 2.53. The fourth-order valence-electron chi connectivity index (χ4n) is 4.52. The number of hydrogen-bond donors (Lipinski definition) is 3. The van der Waals surface area contributed by atoms with Gasteiger partial charge >= 0.3 is 5.97 Å². The summed E-state index contributed by atoms with van der Waals surface area (Å²) >= 11 is 0. The van der Waals surface area contributed by atoms with E-state index in [1.54, 1.807) is 0 Å². The Bertz CT molecular complexity index is 878. The summed E-state index contributed by atoms with van der Waals surface area (Å²) in [4.78, 5) is 12.1. The van der Waals surface area contributed by atoms with Crippen LogP contribution < -0.4 is 0 Å². The SMILES string of the molecule is CCCCCCCCCCCCCCCC(=O)OC[C@@H]1[C@H](O)[C@H](O)[C@@H](OS(=O)(=O)[O-])[C@H](OS(=O)(=O)[O-])[C@H]1O. The van der Waals surface area contributed by atoms with Gasteiger partial charge in [-0.2, -0.15) is 0 Å². The largest absolute Gasteiger partial charge is 0.726 e. The summed E-state index contributed by atoms with van der Waals surface area (Å²) in [5.74, 6) is -2.24. The van der Waals surface area contributed by atoms with Crippen LogP contribution in [-0.2, 0) is 38.7 Å². The molecule has 1 rings (SSSR count). The quantitative estimate of drug-likeness (QED) is 0.0791. The molecule has 1 saturated carbocycles. The van der Waals surface area contributed by atoms with E-state index in [-0.39, 0.29) is 6.42 Å². The number of esters is 1. The molecule has 6 atom stereocenters. The molecule has 1 fully saturated rings. The molecule has 0 aliphatic heterocycles. The van der Waals surface area contributed by atoms with E-state index in [1.165, 1.54) is 51.4 Å². The molecule has 0 spiro atoms. The molecule has 0 saturated heterocycles. The van der Waals surface area contributed by atoms with E-state index in [1.807, 2.05) is 0 Å². The molecular weight excluding hydrogens is 548 g/mol. The second kappa shape index (κ2) is 17.7. The van der Waals surface area contributed by atoms with E-state index >= 15 is 0 Å². The zero-order chi connectivity index (χ0) is 28.8. The Morgan fingerprint density at radius 1 is 0.658 bits per heavy atom. The summed E-state index contributed by atoms with van der Waals surface area (Å²) in [5, 5.41) is 30.8. The van der Waals surface area contributed by atoms with Crippen LogP contribution in [0.1, 0.15) is 96.8 Å². The average Bonchev–Trinajstić information content (AvgIpc) is 2.81. The van der Waals surface area contributed by atoms with Crippen LogP contribution in [0.2, 0.25) is 0 Å². The lowest BCUT2D eigenvalue weighted by Crippen LogP contribution is -2.64. The molecule has 1 aliphatic carbocycles. The van der Waals surface area contributed by atoms with Crippen molar-refractivity contribution in [1.82, 2.24) is 0 Å². The molecule has 0 aromatic heterocycles. The van der Waals surface area contributed by atoms with Gasteiger partial charge in [0.25, 0.3) is 0 Å². The van der Waals surface area contributed by atoms with E-state index in [2.05, 4.69) is 15.3 Å². The summed E-state index contributed by atoms with van der Waals surface area (Å²) < 4.78 is 78.9. The molecule has 0 radical (unpaired) electrons. The number of carbonyl (C=O) groups excluding carboxylic acids is 1. The molecule has 226 valence electrons. The molecular formula is C23H42O13S2-2. The Balaban J connectivity index is 2.39. The Morgan fingerprint density at radius 2 is 1.05 bits per heavy atom. The molecule has 0 bridgehead atoms. The highest BCUT2D eigenvalue weighted by molar-refractivity contribution is 7.81. The number of carbonyl (C=O) groups is 1. The maximum Gasteiger partial charge on any atom is 0.305 e. The lowest BCUT2D eigenvalue weighted by molar-refractivity contribution is -0.201. The maximum absolute atomic E-state index is 12.1. The lowest BCUT2D eigenvalue weighted by Gasteiger charge is -2.44. The number of aliphatic hydroxyl groups is 3. The molecule has 13 nitrogen and oxygen atoms in total. The van der Waals surface area contributed by atoms with Crippen molar-refractivity contribution in [2.24, 2.45) is 5.92 Å². The van der Waals surface area contributed by atoms with Gasteiger partial charge in [0.05, 0.1) is 24.7 Å². The number of aliphatic hydroxyl groups excluding tert-OH is 3. The van der Waals surface area contributed by atoms with Gasteiger partial charge in [0, 0.05) is 6.42 Å². The summed E-state index contributed by atoms with van der Waals surface area (Å²) in [6.07, 6.45) is 3.55. The number of rotatable bonds is 20. The second-order valence-electron chi connectivity index (χ2n) is 9.75. The van der Waals surface area contributed by atoms with Crippen LogP contribution in [0.5, 0.6) is 0 Å². The third-order valence-electron chi connectivity index (χ3n) is 6.60. The van der Waals surface area contributed by atoms with Crippen molar-refractivity contribution in [3.63, 3.8) is 0 Å². The summed E-state index contributed by atoms with van der Waals surface area (Å²) in [6, 6.07) is 0. The van der Waals surface area contributed by atoms with Crippen molar-refractivity contribution in [1.29, 1.82) is 0 Å². The van der Waals surface area contributed by atoms with Crippen LogP contribution in [0.15, 0.2) is 0 Å². The van der Waals surface area contributed by atoms with Gasteiger partial charge in [-0.1, -0.05) is 84.0 Å². The van der Waals surface area contributed by atoms with Gasteiger partial charge in [0.1, 0.15) is 18.3 Å². The fourth-order valence-corrected chi connectivity index (χ4v) is 5.51. The van der Waals surface area contributed by atoms with Gasteiger partial charge in [-0.15, -0.1) is 0 Å². The zero-order valence-corrected chi connectivity index (χ0v) is 23.4. The van der Waals surface area contributed by atoms with E-state index in [0.717, 1.165) is 25.7 Å². The van der Waals surface area contributed by atoms with Crippen molar-refractivity contribution in [2.45, 2.75) is 127 Å². The van der Waals surface area contributed by atoms with Crippen LogP contribution in [0.4, 0.5) is 0 Å². The molecule has 0 aromatic rings. The molecule has 3 N–H and O–H groups in total. The molecule has 0 aromatic carbocycles. The van der Waals surface area contributed by atoms with E-state index in [0.29, 0.717) is 6.42 Å². The standard InChI is InChI=1S/C23H44O13S2/c1-2-3-4-5-6-7-8-9-10-11-12-13-14-15-18(24)34-16-17-19(25)21(27)23(36-38(31,32)33)22(20(17)26)35-37(28,29)30/h17,19-23,25-27H,2-16H2,1H3,(H,28,29,30)(H,31,32,33)/p-2/t17-,19+,20+,21+,22-,23-/m1/s1. The molecule has 0 heterocycles.